The van der Waals surface area contributed by atoms with Gasteiger partial charge in [0, 0.05) is 6.26 Å². The molecule has 1 rings (SSSR count). The summed E-state index contributed by atoms with van der Waals surface area (Å²) in [7, 11) is -3.33. The summed E-state index contributed by atoms with van der Waals surface area (Å²) < 4.78 is 28.0. The second-order valence-electron chi connectivity index (χ2n) is 3.89. The van der Waals surface area contributed by atoms with E-state index in [1.54, 1.807) is 32.0 Å². The predicted molar refractivity (Wildman–Crippen MR) is 69.3 cm³/mol. The molecule has 0 heterocycles. The lowest BCUT2D eigenvalue weighted by Gasteiger charge is -2.16. The summed E-state index contributed by atoms with van der Waals surface area (Å²) in [4.78, 5) is 11.6. The second-order valence-corrected chi connectivity index (χ2v) is 5.87. The number of nitrogens with one attached hydrogen (secondary N) is 1. The van der Waals surface area contributed by atoms with Crippen LogP contribution in [0.5, 0.6) is 0 Å². The minimum Gasteiger partial charge on any atom is -0.464 e. The smallest absolute Gasteiger partial charge is 0.328 e. The molecule has 1 aromatic carbocycles. The largest absolute Gasteiger partial charge is 0.464 e. The summed E-state index contributed by atoms with van der Waals surface area (Å²) in [5.41, 5.74) is 0.403. The SMILES string of the molecule is CCOC(=O)C(C)Nc1ccccc1S(C)(=O)=O. The third kappa shape index (κ3) is 3.73. The van der Waals surface area contributed by atoms with Crippen LogP contribution in [-0.4, -0.2) is 33.3 Å². The number of carbonyl (C=O) groups excluding carboxylic acids is 1. The van der Waals surface area contributed by atoms with Crippen LogP contribution >= 0.6 is 0 Å². The van der Waals surface area contributed by atoms with Crippen molar-refractivity contribution in [1.82, 2.24) is 0 Å². The molecule has 0 saturated carbocycles. The molecular weight excluding hydrogens is 254 g/mol. The van der Waals surface area contributed by atoms with Crippen molar-refractivity contribution < 1.29 is 17.9 Å². The van der Waals surface area contributed by atoms with E-state index in [9.17, 15) is 13.2 Å². The van der Waals surface area contributed by atoms with Crippen molar-refractivity contribution >= 4 is 21.5 Å². The first kappa shape index (κ1) is 14.5. The first-order valence-electron chi connectivity index (χ1n) is 5.58. The lowest BCUT2D eigenvalue weighted by Crippen LogP contribution is -2.28. The van der Waals surface area contributed by atoms with Gasteiger partial charge in [-0.2, -0.15) is 0 Å². The summed E-state index contributed by atoms with van der Waals surface area (Å²) in [6, 6.07) is 5.85. The van der Waals surface area contributed by atoms with Crippen molar-refractivity contribution in [2.24, 2.45) is 0 Å². The first-order valence-corrected chi connectivity index (χ1v) is 7.47. The van der Waals surface area contributed by atoms with Crippen molar-refractivity contribution in [2.75, 3.05) is 18.2 Å². The minimum atomic E-state index is -3.33. The Morgan fingerprint density at radius 2 is 2.00 bits per heavy atom. The minimum absolute atomic E-state index is 0.168. The second kappa shape index (κ2) is 5.86. The Labute approximate surface area is 107 Å². The van der Waals surface area contributed by atoms with E-state index < -0.39 is 21.8 Å². The number of benzene rings is 1. The molecule has 0 fully saturated rings. The number of rotatable bonds is 5. The molecule has 6 heteroatoms. The molecule has 0 aliphatic heterocycles. The summed E-state index contributed by atoms with van der Waals surface area (Å²) in [5.74, 6) is -0.416. The van der Waals surface area contributed by atoms with E-state index in [0.717, 1.165) is 6.26 Å². The molecule has 0 saturated heterocycles. The molecule has 0 radical (unpaired) electrons. The number of hydrogen-bond acceptors (Lipinski definition) is 5. The average Bonchev–Trinajstić information content (AvgIpc) is 2.28. The van der Waals surface area contributed by atoms with E-state index in [2.05, 4.69) is 5.32 Å². The average molecular weight is 271 g/mol. The standard InChI is InChI=1S/C12H17NO4S/c1-4-17-12(14)9(2)13-10-7-5-6-8-11(10)18(3,15)16/h5-9,13H,4H2,1-3H3. The third-order valence-electron chi connectivity index (χ3n) is 2.30. The fourth-order valence-electron chi connectivity index (χ4n) is 1.47. The van der Waals surface area contributed by atoms with Crippen LogP contribution in [0.25, 0.3) is 0 Å². The Bertz CT molecular complexity index is 525. The van der Waals surface area contributed by atoms with E-state index in [1.807, 2.05) is 0 Å². The molecule has 0 amide bonds. The topological polar surface area (TPSA) is 72.5 Å². The van der Waals surface area contributed by atoms with Gasteiger partial charge in [0.1, 0.15) is 6.04 Å². The Morgan fingerprint density at radius 1 is 1.39 bits per heavy atom. The lowest BCUT2D eigenvalue weighted by atomic mass is 10.2. The van der Waals surface area contributed by atoms with Gasteiger partial charge in [-0.25, -0.2) is 13.2 Å². The maximum atomic E-state index is 11.6. The summed E-state index contributed by atoms with van der Waals surface area (Å²) >= 11 is 0. The zero-order chi connectivity index (χ0) is 13.8. The van der Waals surface area contributed by atoms with Gasteiger partial charge in [0.2, 0.25) is 0 Å². The van der Waals surface area contributed by atoms with Crippen LogP contribution in [0.1, 0.15) is 13.8 Å². The molecule has 18 heavy (non-hydrogen) atoms. The number of carbonyl (C=O) groups is 1. The lowest BCUT2D eigenvalue weighted by molar-refractivity contribution is -0.143. The zero-order valence-corrected chi connectivity index (χ0v) is 11.5. The van der Waals surface area contributed by atoms with Crippen LogP contribution in [0.3, 0.4) is 0 Å². The Morgan fingerprint density at radius 3 is 2.56 bits per heavy atom. The molecule has 0 spiro atoms. The van der Waals surface area contributed by atoms with E-state index in [4.69, 9.17) is 4.74 Å². The van der Waals surface area contributed by atoms with Crippen molar-refractivity contribution in [3.63, 3.8) is 0 Å². The van der Waals surface area contributed by atoms with E-state index in [1.165, 1.54) is 6.07 Å². The molecule has 0 aliphatic rings. The third-order valence-corrected chi connectivity index (χ3v) is 3.45. The molecule has 1 unspecified atom stereocenters. The van der Waals surface area contributed by atoms with Crippen LogP contribution in [0.2, 0.25) is 0 Å². The number of anilines is 1. The fraction of sp³-hybridized carbons (Fsp3) is 0.417. The monoisotopic (exact) mass is 271 g/mol. The summed E-state index contributed by atoms with van der Waals surface area (Å²) in [6.07, 6.45) is 1.13. The first-order chi connectivity index (χ1) is 8.36. The summed E-state index contributed by atoms with van der Waals surface area (Å²) in [5, 5.41) is 2.85. The van der Waals surface area contributed by atoms with E-state index in [0.29, 0.717) is 12.3 Å². The van der Waals surface area contributed by atoms with E-state index >= 15 is 0 Å². The van der Waals surface area contributed by atoms with Gasteiger partial charge in [-0.3, -0.25) is 0 Å². The molecule has 1 atom stereocenters. The van der Waals surface area contributed by atoms with Gasteiger partial charge in [-0.1, -0.05) is 12.1 Å². The van der Waals surface area contributed by atoms with Crippen molar-refractivity contribution in [2.45, 2.75) is 24.8 Å². The van der Waals surface area contributed by atoms with Crippen molar-refractivity contribution in [3.05, 3.63) is 24.3 Å². The van der Waals surface area contributed by atoms with Gasteiger partial charge in [-0.05, 0) is 26.0 Å². The van der Waals surface area contributed by atoms with Crippen LogP contribution in [0, 0.1) is 0 Å². The zero-order valence-electron chi connectivity index (χ0n) is 10.6. The fourth-order valence-corrected chi connectivity index (χ4v) is 2.32. The Hall–Kier alpha value is -1.56. The molecule has 1 aromatic rings. The van der Waals surface area contributed by atoms with Crippen LogP contribution in [0.4, 0.5) is 5.69 Å². The molecule has 0 aliphatic carbocycles. The normalized spacial score (nSPS) is 12.8. The van der Waals surface area contributed by atoms with Crippen molar-refractivity contribution in [3.8, 4) is 0 Å². The quantitative estimate of drug-likeness (QED) is 0.821. The Kier molecular flexibility index (Phi) is 4.72. The number of para-hydroxylation sites is 1. The molecule has 5 nitrogen and oxygen atoms in total. The van der Waals surface area contributed by atoms with Gasteiger partial charge in [0.15, 0.2) is 9.84 Å². The molecule has 1 N–H and O–H groups in total. The van der Waals surface area contributed by atoms with Gasteiger partial charge < -0.3 is 10.1 Å². The maximum absolute atomic E-state index is 11.6. The molecule has 0 bridgehead atoms. The summed E-state index contributed by atoms with van der Waals surface area (Å²) in [6.45, 7) is 3.63. The van der Waals surface area contributed by atoms with Gasteiger partial charge in [0.25, 0.3) is 0 Å². The van der Waals surface area contributed by atoms with E-state index in [-0.39, 0.29) is 4.90 Å². The highest BCUT2D eigenvalue weighted by molar-refractivity contribution is 7.90. The number of sulfone groups is 1. The van der Waals surface area contributed by atoms with Crippen LogP contribution in [0.15, 0.2) is 29.2 Å². The van der Waals surface area contributed by atoms with Gasteiger partial charge >= 0.3 is 5.97 Å². The Balaban J connectivity index is 2.95. The van der Waals surface area contributed by atoms with Crippen molar-refractivity contribution in [1.29, 1.82) is 0 Å². The highest BCUT2D eigenvalue weighted by Gasteiger charge is 2.18. The molecular formula is C12H17NO4S. The number of hydrogen-bond donors (Lipinski definition) is 1. The van der Waals surface area contributed by atoms with Gasteiger partial charge in [-0.15, -0.1) is 0 Å². The molecule has 0 aromatic heterocycles. The van der Waals surface area contributed by atoms with Gasteiger partial charge in [0.05, 0.1) is 17.2 Å². The highest BCUT2D eigenvalue weighted by atomic mass is 32.2. The highest BCUT2D eigenvalue weighted by Crippen LogP contribution is 2.21. The number of ether oxygens (including phenoxy) is 1. The molecule has 100 valence electrons. The maximum Gasteiger partial charge on any atom is 0.328 e. The van der Waals surface area contributed by atoms with Crippen LogP contribution in [-0.2, 0) is 19.4 Å². The van der Waals surface area contributed by atoms with Crippen LogP contribution < -0.4 is 5.32 Å². The predicted octanol–water partition coefficient (Wildman–Crippen LogP) is 1.45. The number of esters is 1.